The van der Waals surface area contributed by atoms with Gasteiger partial charge in [-0.15, -0.1) is 5.10 Å². The molecule has 0 saturated heterocycles. The van der Waals surface area contributed by atoms with Crippen LogP contribution >= 0.6 is 0 Å². The molecule has 0 radical (unpaired) electrons. The van der Waals surface area contributed by atoms with E-state index in [2.05, 4.69) is 20.8 Å². The second-order valence-corrected chi connectivity index (χ2v) is 2.82. The lowest BCUT2D eigenvalue weighted by Crippen LogP contribution is -2.14. The van der Waals surface area contributed by atoms with Crippen LogP contribution in [0.15, 0.2) is 4.42 Å². The Morgan fingerprint density at radius 1 is 1.33 bits per heavy atom. The van der Waals surface area contributed by atoms with Crippen LogP contribution in [0, 0.1) is 0 Å². The van der Waals surface area contributed by atoms with E-state index in [0.717, 1.165) is 0 Å². The highest BCUT2D eigenvalue weighted by Crippen LogP contribution is 2.19. The average Bonchev–Trinajstić information content (AvgIpc) is 2.51. The van der Waals surface area contributed by atoms with Gasteiger partial charge in [-0.05, 0) is 7.05 Å². The van der Waals surface area contributed by atoms with Crippen LogP contribution in [-0.2, 0) is 6.54 Å². The monoisotopic (exact) mass is 224 g/mol. The molecule has 1 aromatic heterocycles. The van der Waals surface area contributed by atoms with Gasteiger partial charge in [-0.2, -0.15) is 13.2 Å². The van der Waals surface area contributed by atoms with Crippen molar-refractivity contribution in [3.63, 3.8) is 0 Å². The normalized spacial score (nSPS) is 11.7. The summed E-state index contributed by atoms with van der Waals surface area (Å²) >= 11 is 0. The van der Waals surface area contributed by atoms with Crippen LogP contribution < -0.4 is 10.6 Å². The van der Waals surface area contributed by atoms with Crippen molar-refractivity contribution in [2.45, 2.75) is 19.1 Å². The molecule has 0 saturated carbocycles. The zero-order valence-electron chi connectivity index (χ0n) is 8.06. The number of rotatable bonds is 5. The van der Waals surface area contributed by atoms with Gasteiger partial charge in [-0.1, -0.05) is 5.10 Å². The number of nitrogens with one attached hydrogen (secondary N) is 2. The molecule has 86 valence electrons. The van der Waals surface area contributed by atoms with E-state index in [0.29, 0.717) is 12.4 Å². The summed E-state index contributed by atoms with van der Waals surface area (Å²) in [6.07, 6.45) is -5.11. The molecule has 0 atom stereocenters. The molecule has 0 bridgehead atoms. The van der Waals surface area contributed by atoms with Gasteiger partial charge >= 0.3 is 12.2 Å². The fourth-order valence-corrected chi connectivity index (χ4v) is 0.859. The Bertz CT molecular complexity index is 299. The summed E-state index contributed by atoms with van der Waals surface area (Å²) in [7, 11) is 1.70. The minimum absolute atomic E-state index is 0.00417. The maximum atomic E-state index is 11.8. The average molecular weight is 224 g/mol. The van der Waals surface area contributed by atoms with Crippen molar-refractivity contribution in [3.8, 4) is 0 Å². The van der Waals surface area contributed by atoms with Crippen LogP contribution in [0.1, 0.15) is 12.3 Å². The zero-order valence-corrected chi connectivity index (χ0v) is 8.06. The van der Waals surface area contributed by atoms with Crippen LogP contribution in [0.5, 0.6) is 0 Å². The molecule has 1 heterocycles. The quantitative estimate of drug-likeness (QED) is 0.785. The number of anilines is 1. The molecule has 2 N–H and O–H groups in total. The third-order valence-corrected chi connectivity index (χ3v) is 1.48. The minimum Gasteiger partial charge on any atom is -0.407 e. The van der Waals surface area contributed by atoms with E-state index >= 15 is 0 Å². The number of nitrogens with zero attached hydrogens (tertiary/aromatic N) is 2. The molecule has 0 unspecified atom stereocenters. The molecular formula is C7H11F3N4O. The van der Waals surface area contributed by atoms with Crippen LogP contribution in [0.25, 0.3) is 0 Å². The van der Waals surface area contributed by atoms with Crippen molar-refractivity contribution >= 4 is 6.01 Å². The van der Waals surface area contributed by atoms with Crippen molar-refractivity contribution in [2.24, 2.45) is 0 Å². The van der Waals surface area contributed by atoms with Gasteiger partial charge < -0.3 is 15.1 Å². The highest BCUT2D eigenvalue weighted by Gasteiger charge is 2.26. The van der Waals surface area contributed by atoms with Gasteiger partial charge in [0.25, 0.3) is 0 Å². The number of hydrogen-bond donors (Lipinski definition) is 2. The van der Waals surface area contributed by atoms with E-state index in [1.165, 1.54) is 0 Å². The predicted molar refractivity (Wildman–Crippen MR) is 46.2 cm³/mol. The Morgan fingerprint density at radius 2 is 2.07 bits per heavy atom. The molecule has 0 aromatic carbocycles. The summed E-state index contributed by atoms with van der Waals surface area (Å²) in [5.74, 6) is 0.326. The molecule has 8 heteroatoms. The van der Waals surface area contributed by atoms with E-state index in [9.17, 15) is 13.2 Å². The van der Waals surface area contributed by atoms with E-state index in [1.807, 2.05) is 0 Å². The van der Waals surface area contributed by atoms with Gasteiger partial charge in [0.2, 0.25) is 5.89 Å². The fourth-order valence-electron chi connectivity index (χ4n) is 0.859. The molecule has 1 aromatic rings. The van der Waals surface area contributed by atoms with E-state index in [4.69, 9.17) is 4.42 Å². The number of alkyl halides is 3. The standard InChI is InChI=1S/C7H11F3N4O/c1-11-4-5-13-14-6(15-5)12-3-2-7(8,9)10/h11H,2-4H2,1H3,(H,12,14). The first-order chi connectivity index (χ1) is 7.01. The lowest BCUT2D eigenvalue weighted by molar-refractivity contribution is -0.131. The summed E-state index contributed by atoms with van der Waals surface area (Å²) < 4.78 is 40.3. The summed E-state index contributed by atoms with van der Waals surface area (Å²) in [5.41, 5.74) is 0. The molecular weight excluding hydrogens is 213 g/mol. The topological polar surface area (TPSA) is 63.0 Å². The lowest BCUT2D eigenvalue weighted by Gasteiger charge is -2.04. The maximum Gasteiger partial charge on any atom is 0.390 e. The second kappa shape index (κ2) is 4.96. The Morgan fingerprint density at radius 3 is 2.67 bits per heavy atom. The predicted octanol–water partition coefficient (Wildman–Crippen LogP) is 1.15. The molecule has 0 aliphatic carbocycles. The van der Waals surface area contributed by atoms with Crippen molar-refractivity contribution < 1.29 is 17.6 Å². The van der Waals surface area contributed by atoms with Crippen molar-refractivity contribution in [1.29, 1.82) is 0 Å². The smallest absolute Gasteiger partial charge is 0.390 e. The Hall–Kier alpha value is -1.31. The zero-order chi connectivity index (χ0) is 11.3. The van der Waals surface area contributed by atoms with Gasteiger partial charge in [0.05, 0.1) is 13.0 Å². The molecule has 0 aliphatic heterocycles. The second-order valence-electron chi connectivity index (χ2n) is 2.82. The van der Waals surface area contributed by atoms with Gasteiger partial charge in [-0.25, -0.2) is 0 Å². The third kappa shape index (κ3) is 4.63. The van der Waals surface area contributed by atoms with Crippen molar-refractivity contribution in [3.05, 3.63) is 5.89 Å². The molecule has 0 amide bonds. The lowest BCUT2D eigenvalue weighted by atomic mass is 10.4. The number of aromatic nitrogens is 2. The first-order valence-corrected chi connectivity index (χ1v) is 4.29. The minimum atomic E-state index is -4.18. The first-order valence-electron chi connectivity index (χ1n) is 4.29. The van der Waals surface area contributed by atoms with Crippen LogP contribution in [0.4, 0.5) is 19.2 Å². The van der Waals surface area contributed by atoms with E-state index in [-0.39, 0.29) is 12.6 Å². The third-order valence-electron chi connectivity index (χ3n) is 1.48. The molecule has 1 rings (SSSR count). The van der Waals surface area contributed by atoms with E-state index < -0.39 is 12.6 Å². The summed E-state index contributed by atoms with van der Waals surface area (Å²) in [5, 5.41) is 12.3. The number of hydrogen-bond acceptors (Lipinski definition) is 5. The van der Waals surface area contributed by atoms with Crippen LogP contribution in [0.2, 0.25) is 0 Å². The molecule has 15 heavy (non-hydrogen) atoms. The van der Waals surface area contributed by atoms with E-state index in [1.54, 1.807) is 7.05 Å². The van der Waals surface area contributed by atoms with Crippen LogP contribution in [-0.4, -0.2) is 30.0 Å². The maximum absolute atomic E-state index is 11.8. The molecule has 5 nitrogen and oxygen atoms in total. The molecule has 0 fully saturated rings. The first kappa shape index (κ1) is 11.8. The fraction of sp³-hybridized carbons (Fsp3) is 0.714. The molecule has 0 spiro atoms. The Kier molecular flexibility index (Phi) is 3.89. The summed E-state index contributed by atoms with van der Waals surface area (Å²) in [4.78, 5) is 0. The Labute approximate surface area is 84.1 Å². The van der Waals surface area contributed by atoms with Gasteiger partial charge in [0.1, 0.15) is 0 Å². The van der Waals surface area contributed by atoms with Crippen LogP contribution in [0.3, 0.4) is 0 Å². The van der Waals surface area contributed by atoms with Gasteiger partial charge in [0, 0.05) is 6.54 Å². The SMILES string of the molecule is CNCc1nnc(NCCC(F)(F)F)o1. The summed E-state index contributed by atoms with van der Waals surface area (Å²) in [6.45, 7) is 0.110. The largest absolute Gasteiger partial charge is 0.407 e. The Balaban J connectivity index is 2.31. The summed E-state index contributed by atoms with van der Waals surface area (Å²) in [6, 6.07) is 0.00417. The highest BCUT2D eigenvalue weighted by atomic mass is 19.4. The highest BCUT2D eigenvalue weighted by molar-refractivity contribution is 5.16. The molecule has 0 aliphatic rings. The number of halogens is 3. The van der Waals surface area contributed by atoms with Gasteiger partial charge in [0.15, 0.2) is 0 Å². The van der Waals surface area contributed by atoms with Crippen molar-refractivity contribution in [2.75, 3.05) is 18.9 Å². The van der Waals surface area contributed by atoms with Gasteiger partial charge in [-0.3, -0.25) is 0 Å². The van der Waals surface area contributed by atoms with Crippen molar-refractivity contribution in [1.82, 2.24) is 15.5 Å².